The van der Waals surface area contributed by atoms with Crippen molar-refractivity contribution in [1.29, 1.82) is 0 Å². The second-order valence-corrected chi connectivity index (χ2v) is 6.71. The molecule has 1 aliphatic heterocycles. The first-order valence-electron chi connectivity index (χ1n) is 7.40. The van der Waals surface area contributed by atoms with E-state index in [4.69, 9.17) is 4.52 Å². The maximum atomic E-state index is 12.0. The van der Waals surface area contributed by atoms with Crippen molar-refractivity contribution < 1.29 is 14.1 Å². The van der Waals surface area contributed by atoms with Gasteiger partial charge in [0.2, 0.25) is 11.8 Å². The molecule has 1 aliphatic rings. The van der Waals surface area contributed by atoms with E-state index < -0.39 is 0 Å². The van der Waals surface area contributed by atoms with Crippen LogP contribution in [0.4, 0.5) is 5.82 Å². The highest BCUT2D eigenvalue weighted by molar-refractivity contribution is 8.01. The summed E-state index contributed by atoms with van der Waals surface area (Å²) in [5.41, 5.74) is 0. The highest BCUT2D eigenvalue weighted by Crippen LogP contribution is 2.14. The molecule has 1 aromatic heterocycles. The lowest BCUT2D eigenvalue weighted by Gasteiger charge is -2.23. The van der Waals surface area contributed by atoms with Crippen LogP contribution in [-0.2, 0) is 9.59 Å². The van der Waals surface area contributed by atoms with E-state index in [0.29, 0.717) is 11.6 Å². The number of amides is 2. The van der Waals surface area contributed by atoms with Crippen molar-refractivity contribution in [2.45, 2.75) is 38.0 Å². The Labute approximate surface area is 134 Å². The van der Waals surface area contributed by atoms with Crippen LogP contribution in [0, 0.1) is 6.92 Å². The van der Waals surface area contributed by atoms with Gasteiger partial charge in [0.1, 0.15) is 5.76 Å². The van der Waals surface area contributed by atoms with Gasteiger partial charge in [-0.05, 0) is 33.2 Å². The lowest BCUT2D eigenvalue weighted by Crippen LogP contribution is -2.46. The highest BCUT2D eigenvalue weighted by Gasteiger charge is 2.19. The predicted molar refractivity (Wildman–Crippen MR) is 85.8 cm³/mol. The topological polar surface area (TPSA) is 96.3 Å². The van der Waals surface area contributed by atoms with Gasteiger partial charge in [-0.15, -0.1) is 11.8 Å². The Morgan fingerprint density at radius 2 is 2.41 bits per heavy atom. The molecule has 2 amide bonds. The third-order valence-corrected chi connectivity index (χ3v) is 4.52. The first-order chi connectivity index (χ1) is 10.5. The molecule has 0 radical (unpaired) electrons. The van der Waals surface area contributed by atoms with E-state index in [1.165, 1.54) is 11.8 Å². The van der Waals surface area contributed by atoms with Crippen molar-refractivity contribution in [2.75, 3.05) is 24.2 Å². The fourth-order valence-corrected chi connectivity index (χ4v) is 2.87. The molecule has 1 fully saturated rings. The smallest absolute Gasteiger partial charge is 0.238 e. The minimum Gasteiger partial charge on any atom is -0.360 e. The Bertz CT molecular complexity index is 514. The largest absolute Gasteiger partial charge is 0.360 e. The number of piperidine rings is 1. The van der Waals surface area contributed by atoms with Gasteiger partial charge >= 0.3 is 0 Å². The van der Waals surface area contributed by atoms with Crippen molar-refractivity contribution in [3.63, 3.8) is 0 Å². The van der Waals surface area contributed by atoms with Gasteiger partial charge in [-0.25, -0.2) is 0 Å². The Morgan fingerprint density at radius 3 is 3.05 bits per heavy atom. The van der Waals surface area contributed by atoms with E-state index >= 15 is 0 Å². The number of aryl methyl sites for hydroxylation is 1. The quantitative estimate of drug-likeness (QED) is 0.719. The third-order valence-electron chi connectivity index (χ3n) is 3.37. The first-order valence-corrected chi connectivity index (χ1v) is 8.45. The molecule has 0 aromatic carbocycles. The average molecular weight is 326 g/mol. The summed E-state index contributed by atoms with van der Waals surface area (Å²) < 4.78 is 4.89. The lowest BCUT2D eigenvalue weighted by molar-refractivity contribution is -0.119. The molecule has 2 atom stereocenters. The van der Waals surface area contributed by atoms with Crippen molar-refractivity contribution in [1.82, 2.24) is 15.8 Å². The highest BCUT2D eigenvalue weighted by atomic mass is 32.2. The maximum Gasteiger partial charge on any atom is 0.238 e. The zero-order chi connectivity index (χ0) is 15.9. The molecular formula is C14H22N4O3S. The fourth-order valence-electron chi connectivity index (χ4n) is 2.17. The second kappa shape index (κ2) is 8.19. The standard InChI is InChI=1S/C14H22N4O3S/c1-9-6-12(18-21-9)17-14(20)10(2)22-8-13(19)16-11-4-3-5-15-7-11/h6,10-11,15H,3-5,7-8H2,1-2H3,(H,16,19)(H,17,18,20)/t10?,11-/m0/s1. The third kappa shape index (κ3) is 5.34. The molecule has 1 unspecified atom stereocenters. The minimum absolute atomic E-state index is 0.0318. The van der Waals surface area contributed by atoms with E-state index in [1.807, 2.05) is 0 Å². The summed E-state index contributed by atoms with van der Waals surface area (Å²) in [6, 6.07) is 1.85. The number of nitrogens with zero attached hydrogens (tertiary/aromatic N) is 1. The van der Waals surface area contributed by atoms with Crippen LogP contribution in [-0.4, -0.2) is 47.1 Å². The number of nitrogens with one attached hydrogen (secondary N) is 3. The van der Waals surface area contributed by atoms with Crippen molar-refractivity contribution in [2.24, 2.45) is 0 Å². The predicted octanol–water partition coefficient (Wildman–Crippen LogP) is 0.911. The number of hydrogen-bond donors (Lipinski definition) is 3. The van der Waals surface area contributed by atoms with Crippen molar-refractivity contribution in [3.8, 4) is 0 Å². The molecule has 1 aromatic rings. The minimum atomic E-state index is -0.341. The molecule has 8 heteroatoms. The zero-order valence-corrected chi connectivity index (χ0v) is 13.7. The molecule has 122 valence electrons. The molecule has 0 saturated carbocycles. The number of carbonyl (C=O) groups is 2. The van der Waals surface area contributed by atoms with Crippen LogP contribution in [0.5, 0.6) is 0 Å². The zero-order valence-electron chi connectivity index (χ0n) is 12.8. The summed E-state index contributed by atoms with van der Waals surface area (Å²) in [5, 5.41) is 12.3. The molecule has 0 bridgehead atoms. The first kappa shape index (κ1) is 16.8. The summed E-state index contributed by atoms with van der Waals surface area (Å²) in [7, 11) is 0. The summed E-state index contributed by atoms with van der Waals surface area (Å²) >= 11 is 1.30. The van der Waals surface area contributed by atoms with Gasteiger partial charge in [0.15, 0.2) is 5.82 Å². The van der Waals surface area contributed by atoms with E-state index in [9.17, 15) is 9.59 Å². The van der Waals surface area contributed by atoms with Gasteiger partial charge in [-0.2, -0.15) is 0 Å². The van der Waals surface area contributed by atoms with Gasteiger partial charge < -0.3 is 20.5 Å². The normalized spacial score (nSPS) is 19.5. The van der Waals surface area contributed by atoms with Crippen LogP contribution >= 0.6 is 11.8 Å². The van der Waals surface area contributed by atoms with Gasteiger partial charge in [0.05, 0.1) is 11.0 Å². The number of aromatic nitrogens is 1. The van der Waals surface area contributed by atoms with Crippen LogP contribution in [0.3, 0.4) is 0 Å². The molecule has 2 rings (SSSR count). The van der Waals surface area contributed by atoms with Crippen molar-refractivity contribution >= 4 is 29.4 Å². The van der Waals surface area contributed by atoms with Crippen LogP contribution in [0.1, 0.15) is 25.5 Å². The summed E-state index contributed by atoms with van der Waals surface area (Å²) in [5.74, 6) is 1.08. The van der Waals surface area contributed by atoms with Crippen LogP contribution < -0.4 is 16.0 Å². The molecule has 0 aliphatic carbocycles. The average Bonchev–Trinajstić information content (AvgIpc) is 2.91. The lowest BCUT2D eigenvalue weighted by atomic mass is 10.1. The monoisotopic (exact) mass is 326 g/mol. The van der Waals surface area contributed by atoms with E-state index in [1.54, 1.807) is 19.9 Å². The van der Waals surface area contributed by atoms with Gasteiger partial charge in [-0.1, -0.05) is 5.16 Å². The Kier molecular flexibility index (Phi) is 6.26. The van der Waals surface area contributed by atoms with Crippen LogP contribution in [0.2, 0.25) is 0 Å². The molecule has 1 saturated heterocycles. The van der Waals surface area contributed by atoms with E-state index in [-0.39, 0.29) is 28.9 Å². The van der Waals surface area contributed by atoms with Crippen molar-refractivity contribution in [3.05, 3.63) is 11.8 Å². The molecule has 22 heavy (non-hydrogen) atoms. The number of rotatable bonds is 6. The van der Waals surface area contributed by atoms with Crippen LogP contribution in [0.15, 0.2) is 10.6 Å². The summed E-state index contributed by atoms with van der Waals surface area (Å²) in [6.45, 7) is 5.35. The van der Waals surface area contributed by atoms with Gasteiger partial charge in [0.25, 0.3) is 0 Å². The molecule has 3 N–H and O–H groups in total. The number of carbonyl (C=O) groups excluding carboxylic acids is 2. The molecule has 0 spiro atoms. The summed E-state index contributed by atoms with van der Waals surface area (Å²) in [6.07, 6.45) is 2.08. The SMILES string of the molecule is Cc1cc(NC(=O)C(C)SCC(=O)N[C@H]2CCCNC2)no1. The molecule has 7 nitrogen and oxygen atoms in total. The molecular weight excluding hydrogens is 304 g/mol. The Morgan fingerprint density at radius 1 is 1.59 bits per heavy atom. The maximum absolute atomic E-state index is 12.0. The number of hydrogen-bond acceptors (Lipinski definition) is 6. The van der Waals surface area contributed by atoms with Gasteiger partial charge in [0, 0.05) is 18.7 Å². The fraction of sp³-hybridized carbons (Fsp3) is 0.643. The van der Waals surface area contributed by atoms with Gasteiger partial charge in [-0.3, -0.25) is 9.59 Å². The van der Waals surface area contributed by atoms with Crippen LogP contribution in [0.25, 0.3) is 0 Å². The Balaban J connectivity index is 1.68. The summed E-state index contributed by atoms with van der Waals surface area (Å²) in [4.78, 5) is 23.9. The van der Waals surface area contributed by atoms with E-state index in [2.05, 4.69) is 21.1 Å². The number of thioether (sulfide) groups is 1. The number of anilines is 1. The Hall–Kier alpha value is -1.54. The molecule has 2 heterocycles. The van der Waals surface area contributed by atoms with E-state index in [0.717, 1.165) is 25.9 Å². The second-order valence-electron chi connectivity index (χ2n) is 5.38.